The molecule has 1 aliphatic rings. The van der Waals surface area contributed by atoms with Crippen LogP contribution < -0.4 is 10.2 Å². The molecule has 2 amide bonds. The maximum Gasteiger partial charge on any atom is 0.317 e. The Hall–Kier alpha value is -3.15. The summed E-state index contributed by atoms with van der Waals surface area (Å²) in [6.07, 6.45) is 2.96. The number of para-hydroxylation sites is 1. The Bertz CT molecular complexity index is 920. The lowest BCUT2D eigenvalue weighted by atomic mass is 10.0. The number of urea groups is 1. The normalized spacial score (nSPS) is 15.7. The Morgan fingerprint density at radius 1 is 1.25 bits per heavy atom. The molecule has 5 nitrogen and oxygen atoms in total. The predicted molar refractivity (Wildman–Crippen MR) is 112 cm³/mol. The van der Waals surface area contributed by atoms with Crippen molar-refractivity contribution in [2.75, 3.05) is 19.0 Å². The van der Waals surface area contributed by atoms with Crippen molar-refractivity contribution in [1.29, 1.82) is 0 Å². The van der Waals surface area contributed by atoms with Crippen LogP contribution in [0.25, 0.3) is 5.70 Å². The highest BCUT2D eigenvalue weighted by molar-refractivity contribution is 6.16. The number of amides is 2. The van der Waals surface area contributed by atoms with E-state index in [1.165, 1.54) is 12.1 Å². The first kappa shape index (κ1) is 19.6. The largest absolute Gasteiger partial charge is 0.341 e. The summed E-state index contributed by atoms with van der Waals surface area (Å²) in [5.74, 6) is 0.410. The number of aliphatic imine (C=N–C) groups is 1. The lowest BCUT2D eigenvalue weighted by Crippen LogP contribution is -2.50. The molecule has 146 valence electrons. The average molecular weight is 380 g/mol. The van der Waals surface area contributed by atoms with Crippen molar-refractivity contribution in [3.05, 3.63) is 66.0 Å². The number of rotatable bonds is 4. The van der Waals surface area contributed by atoms with Crippen molar-refractivity contribution in [1.82, 2.24) is 10.2 Å². The minimum atomic E-state index is -0.307. The molecule has 0 fully saturated rings. The number of anilines is 1. The number of halogens is 1. The quantitative estimate of drug-likeness (QED) is 0.829. The fraction of sp³-hybridized carbons (Fsp3) is 0.273. The number of amidine groups is 1. The van der Waals surface area contributed by atoms with Gasteiger partial charge in [-0.1, -0.05) is 31.2 Å². The van der Waals surface area contributed by atoms with Gasteiger partial charge in [-0.05, 0) is 43.7 Å². The monoisotopic (exact) mass is 380 g/mol. The van der Waals surface area contributed by atoms with Crippen LogP contribution >= 0.6 is 0 Å². The molecule has 0 radical (unpaired) electrons. The van der Waals surface area contributed by atoms with Gasteiger partial charge in [-0.2, -0.15) is 0 Å². The second-order valence-electron chi connectivity index (χ2n) is 6.64. The first-order chi connectivity index (χ1) is 13.5. The van der Waals surface area contributed by atoms with Gasteiger partial charge in [0, 0.05) is 25.3 Å². The Labute approximate surface area is 165 Å². The molecule has 0 aromatic heterocycles. The van der Waals surface area contributed by atoms with E-state index in [4.69, 9.17) is 4.99 Å². The number of hydrogen-bond acceptors (Lipinski definition) is 3. The highest BCUT2D eigenvalue weighted by Gasteiger charge is 2.32. The number of carbonyl (C=O) groups excluding carboxylic acids is 1. The zero-order valence-electron chi connectivity index (χ0n) is 16.6. The fourth-order valence-corrected chi connectivity index (χ4v) is 3.27. The molecular formula is C22H25FN4O. The minimum absolute atomic E-state index is 0.200. The summed E-state index contributed by atoms with van der Waals surface area (Å²) < 4.78 is 13.5. The summed E-state index contributed by atoms with van der Waals surface area (Å²) in [5.41, 5.74) is 3.64. The molecule has 1 N–H and O–H groups in total. The van der Waals surface area contributed by atoms with E-state index in [0.29, 0.717) is 5.84 Å². The van der Waals surface area contributed by atoms with Gasteiger partial charge in [0.2, 0.25) is 0 Å². The van der Waals surface area contributed by atoms with E-state index >= 15 is 0 Å². The Balaban J connectivity index is 2.20. The van der Waals surface area contributed by atoms with Crippen LogP contribution in [0.15, 0.2) is 59.6 Å². The van der Waals surface area contributed by atoms with E-state index in [1.807, 2.05) is 36.1 Å². The SMILES string of the molecule is CCC=C1c2ccccc2N=C(C(C)N(C)C(=O)NC)N1c1ccc(F)cc1. The van der Waals surface area contributed by atoms with E-state index in [9.17, 15) is 9.18 Å². The highest BCUT2D eigenvalue weighted by Crippen LogP contribution is 2.38. The molecule has 0 saturated carbocycles. The van der Waals surface area contributed by atoms with Crippen molar-refractivity contribution < 1.29 is 9.18 Å². The topological polar surface area (TPSA) is 47.9 Å². The van der Waals surface area contributed by atoms with Gasteiger partial charge in [0.05, 0.1) is 17.4 Å². The summed E-state index contributed by atoms with van der Waals surface area (Å²) in [5, 5.41) is 2.65. The van der Waals surface area contributed by atoms with Gasteiger partial charge in [-0.25, -0.2) is 14.2 Å². The summed E-state index contributed by atoms with van der Waals surface area (Å²) in [6.45, 7) is 4.01. The summed E-state index contributed by atoms with van der Waals surface area (Å²) in [7, 11) is 3.34. The molecule has 2 aromatic rings. The molecule has 2 aromatic carbocycles. The lowest BCUT2D eigenvalue weighted by Gasteiger charge is -2.38. The Morgan fingerprint density at radius 3 is 2.57 bits per heavy atom. The Morgan fingerprint density at radius 2 is 1.93 bits per heavy atom. The van der Waals surface area contributed by atoms with Crippen molar-refractivity contribution in [2.45, 2.75) is 26.3 Å². The lowest BCUT2D eigenvalue weighted by molar-refractivity contribution is 0.207. The van der Waals surface area contributed by atoms with Crippen LogP contribution in [0, 0.1) is 5.82 Å². The van der Waals surface area contributed by atoms with Crippen molar-refractivity contribution in [3.63, 3.8) is 0 Å². The van der Waals surface area contributed by atoms with Gasteiger partial charge in [0.1, 0.15) is 11.7 Å². The molecule has 0 bridgehead atoms. The van der Waals surface area contributed by atoms with E-state index in [0.717, 1.165) is 29.1 Å². The van der Waals surface area contributed by atoms with Gasteiger partial charge in [-0.3, -0.25) is 4.90 Å². The van der Waals surface area contributed by atoms with Crippen LogP contribution in [-0.2, 0) is 0 Å². The van der Waals surface area contributed by atoms with Crippen molar-refractivity contribution in [2.24, 2.45) is 4.99 Å². The van der Waals surface area contributed by atoms with Crippen LogP contribution in [0.3, 0.4) is 0 Å². The number of hydrogen-bond donors (Lipinski definition) is 1. The molecule has 0 spiro atoms. The summed E-state index contributed by atoms with van der Waals surface area (Å²) in [4.78, 5) is 20.7. The number of fused-ring (bicyclic) bond motifs is 1. The second kappa shape index (κ2) is 8.25. The summed E-state index contributed by atoms with van der Waals surface area (Å²) >= 11 is 0. The number of benzene rings is 2. The Kier molecular flexibility index (Phi) is 5.78. The number of nitrogens with one attached hydrogen (secondary N) is 1. The summed E-state index contributed by atoms with van der Waals surface area (Å²) in [6, 6.07) is 13.7. The average Bonchev–Trinajstić information content (AvgIpc) is 2.72. The van der Waals surface area contributed by atoms with Crippen LogP contribution in [0.1, 0.15) is 25.8 Å². The van der Waals surface area contributed by atoms with E-state index in [1.54, 1.807) is 31.1 Å². The zero-order chi connectivity index (χ0) is 20.3. The number of nitrogens with zero attached hydrogens (tertiary/aromatic N) is 3. The smallest absolute Gasteiger partial charge is 0.317 e. The van der Waals surface area contributed by atoms with Gasteiger partial charge < -0.3 is 10.2 Å². The molecule has 1 unspecified atom stereocenters. The standard InChI is InChI=1S/C22H25FN4O/c1-5-8-20-18-9-6-7-10-19(18)25-21(15(2)26(4)22(28)24-3)27(20)17-13-11-16(23)12-14-17/h6-15H,5H2,1-4H3,(H,24,28). The maximum absolute atomic E-state index is 13.5. The molecule has 6 heteroatoms. The number of carbonyl (C=O) groups is 1. The zero-order valence-corrected chi connectivity index (χ0v) is 16.6. The molecule has 0 saturated heterocycles. The first-order valence-electron chi connectivity index (χ1n) is 9.36. The van der Waals surface area contributed by atoms with E-state index in [-0.39, 0.29) is 17.9 Å². The number of allylic oxidation sites excluding steroid dienone is 1. The predicted octanol–water partition coefficient (Wildman–Crippen LogP) is 4.79. The third-order valence-corrected chi connectivity index (χ3v) is 4.86. The van der Waals surface area contributed by atoms with Gasteiger partial charge >= 0.3 is 6.03 Å². The molecule has 1 aliphatic heterocycles. The van der Waals surface area contributed by atoms with Crippen LogP contribution in [0.5, 0.6) is 0 Å². The van der Waals surface area contributed by atoms with Crippen LogP contribution in [0.4, 0.5) is 20.6 Å². The molecular weight excluding hydrogens is 355 g/mol. The van der Waals surface area contributed by atoms with Gasteiger partial charge in [0.25, 0.3) is 0 Å². The number of likely N-dealkylation sites (N-methyl/N-ethyl adjacent to an activating group) is 1. The van der Waals surface area contributed by atoms with E-state index < -0.39 is 0 Å². The van der Waals surface area contributed by atoms with Crippen molar-refractivity contribution in [3.8, 4) is 0 Å². The first-order valence-corrected chi connectivity index (χ1v) is 9.36. The third-order valence-electron chi connectivity index (χ3n) is 4.86. The van der Waals surface area contributed by atoms with Crippen LogP contribution in [-0.4, -0.2) is 36.9 Å². The van der Waals surface area contributed by atoms with Gasteiger partial charge in [0.15, 0.2) is 0 Å². The van der Waals surface area contributed by atoms with Crippen molar-refractivity contribution >= 4 is 28.9 Å². The van der Waals surface area contributed by atoms with Crippen LogP contribution in [0.2, 0.25) is 0 Å². The molecule has 0 aliphatic carbocycles. The maximum atomic E-state index is 13.5. The molecule has 3 rings (SSSR count). The third kappa shape index (κ3) is 3.63. The van der Waals surface area contributed by atoms with Gasteiger partial charge in [-0.15, -0.1) is 0 Å². The molecule has 1 atom stereocenters. The fourth-order valence-electron chi connectivity index (χ4n) is 3.27. The molecule has 1 heterocycles. The minimum Gasteiger partial charge on any atom is -0.341 e. The molecule has 28 heavy (non-hydrogen) atoms. The second-order valence-corrected chi connectivity index (χ2v) is 6.64. The van der Waals surface area contributed by atoms with E-state index in [2.05, 4.69) is 18.3 Å². The highest BCUT2D eigenvalue weighted by atomic mass is 19.1.